The van der Waals surface area contributed by atoms with Crippen LogP contribution < -0.4 is 5.73 Å². The van der Waals surface area contributed by atoms with Crippen molar-refractivity contribution >= 4 is 17.6 Å². The third-order valence-electron chi connectivity index (χ3n) is 2.26. The van der Waals surface area contributed by atoms with Crippen molar-refractivity contribution in [3.63, 3.8) is 0 Å². The van der Waals surface area contributed by atoms with E-state index in [2.05, 4.69) is 22.1 Å². The van der Waals surface area contributed by atoms with Crippen LogP contribution in [0.25, 0.3) is 0 Å². The standard InChI is InChI=1S/C12H13N3OS/c13-11-10(7-16)6-14-12(15-11)17-8-9-4-2-1-3-5-9/h1-6,16H,7-8H2,(H2,13,14,15). The zero-order valence-electron chi connectivity index (χ0n) is 9.21. The topological polar surface area (TPSA) is 72.0 Å². The van der Waals surface area contributed by atoms with Gasteiger partial charge in [-0.15, -0.1) is 0 Å². The van der Waals surface area contributed by atoms with Gasteiger partial charge < -0.3 is 10.8 Å². The summed E-state index contributed by atoms with van der Waals surface area (Å²) in [5, 5.41) is 9.58. The van der Waals surface area contributed by atoms with Crippen molar-refractivity contribution in [1.82, 2.24) is 9.97 Å². The highest BCUT2D eigenvalue weighted by Crippen LogP contribution is 2.20. The number of hydrogen-bond acceptors (Lipinski definition) is 5. The summed E-state index contributed by atoms with van der Waals surface area (Å²) in [6.07, 6.45) is 1.57. The van der Waals surface area contributed by atoms with E-state index in [-0.39, 0.29) is 6.61 Å². The summed E-state index contributed by atoms with van der Waals surface area (Å²) >= 11 is 1.52. The van der Waals surface area contributed by atoms with E-state index in [0.29, 0.717) is 16.5 Å². The van der Waals surface area contributed by atoms with E-state index in [9.17, 15) is 0 Å². The molecule has 0 aliphatic rings. The lowest BCUT2D eigenvalue weighted by Crippen LogP contribution is -2.00. The summed E-state index contributed by atoms with van der Waals surface area (Å²) in [6.45, 7) is -0.129. The van der Waals surface area contributed by atoms with Gasteiger partial charge in [0.1, 0.15) is 5.82 Å². The molecule has 0 aliphatic carbocycles. The van der Waals surface area contributed by atoms with Crippen molar-refractivity contribution in [1.29, 1.82) is 0 Å². The lowest BCUT2D eigenvalue weighted by atomic mass is 10.2. The number of rotatable bonds is 4. The molecule has 0 unspecified atom stereocenters. The molecule has 2 rings (SSSR count). The van der Waals surface area contributed by atoms with Crippen molar-refractivity contribution in [2.75, 3.05) is 5.73 Å². The van der Waals surface area contributed by atoms with Crippen LogP contribution in [0.1, 0.15) is 11.1 Å². The molecule has 0 spiro atoms. The first kappa shape index (κ1) is 11.9. The van der Waals surface area contributed by atoms with Crippen molar-refractivity contribution in [3.8, 4) is 0 Å². The second kappa shape index (κ2) is 5.65. The molecule has 3 N–H and O–H groups in total. The van der Waals surface area contributed by atoms with Gasteiger partial charge in [-0.3, -0.25) is 0 Å². The molecular formula is C12H13N3OS. The van der Waals surface area contributed by atoms with Gasteiger partial charge >= 0.3 is 0 Å². The van der Waals surface area contributed by atoms with Gasteiger partial charge in [0.2, 0.25) is 0 Å². The Morgan fingerprint density at radius 2 is 2.00 bits per heavy atom. The zero-order chi connectivity index (χ0) is 12.1. The highest BCUT2D eigenvalue weighted by atomic mass is 32.2. The lowest BCUT2D eigenvalue weighted by Gasteiger charge is -2.04. The Labute approximate surface area is 104 Å². The summed E-state index contributed by atoms with van der Waals surface area (Å²) in [7, 11) is 0. The Kier molecular flexibility index (Phi) is 3.95. The molecule has 4 nitrogen and oxygen atoms in total. The Hall–Kier alpha value is -1.59. The number of nitrogens with zero attached hydrogens (tertiary/aromatic N) is 2. The second-order valence-corrected chi connectivity index (χ2v) is 4.44. The average molecular weight is 247 g/mol. The summed E-state index contributed by atoms with van der Waals surface area (Å²) in [5.41, 5.74) is 7.45. The molecular weight excluding hydrogens is 234 g/mol. The molecule has 0 radical (unpaired) electrons. The van der Waals surface area contributed by atoms with Crippen LogP contribution in [-0.4, -0.2) is 15.1 Å². The molecule has 1 aromatic carbocycles. The van der Waals surface area contributed by atoms with E-state index in [1.165, 1.54) is 17.3 Å². The van der Waals surface area contributed by atoms with Crippen LogP contribution >= 0.6 is 11.8 Å². The molecule has 88 valence electrons. The molecule has 1 heterocycles. The van der Waals surface area contributed by atoms with E-state index >= 15 is 0 Å². The number of nitrogen functional groups attached to an aromatic ring is 1. The first-order chi connectivity index (χ1) is 8.29. The summed E-state index contributed by atoms with van der Waals surface area (Å²) in [6, 6.07) is 10.1. The van der Waals surface area contributed by atoms with E-state index in [4.69, 9.17) is 10.8 Å². The number of anilines is 1. The fourth-order valence-corrected chi connectivity index (χ4v) is 2.09. The van der Waals surface area contributed by atoms with Crippen LogP contribution in [0.2, 0.25) is 0 Å². The molecule has 0 saturated heterocycles. The lowest BCUT2D eigenvalue weighted by molar-refractivity contribution is 0.281. The van der Waals surface area contributed by atoms with Crippen molar-refractivity contribution < 1.29 is 5.11 Å². The Morgan fingerprint density at radius 3 is 2.65 bits per heavy atom. The van der Waals surface area contributed by atoms with Crippen molar-refractivity contribution in [2.45, 2.75) is 17.5 Å². The van der Waals surface area contributed by atoms with Crippen LogP contribution in [0.15, 0.2) is 41.7 Å². The number of benzene rings is 1. The molecule has 1 aromatic heterocycles. The van der Waals surface area contributed by atoms with Gasteiger partial charge in [-0.05, 0) is 5.56 Å². The molecule has 0 aliphatic heterocycles. The molecule has 2 aromatic rings. The Bertz CT molecular complexity index is 490. The summed E-state index contributed by atoms with van der Waals surface area (Å²) in [4.78, 5) is 8.27. The fourth-order valence-electron chi connectivity index (χ4n) is 1.32. The number of aromatic nitrogens is 2. The summed E-state index contributed by atoms with van der Waals surface area (Å²) in [5.74, 6) is 1.15. The maximum Gasteiger partial charge on any atom is 0.189 e. The number of nitrogens with two attached hydrogens (primary N) is 1. The van der Waals surface area contributed by atoms with Gasteiger partial charge in [0.15, 0.2) is 5.16 Å². The van der Waals surface area contributed by atoms with Crippen LogP contribution in [0.5, 0.6) is 0 Å². The van der Waals surface area contributed by atoms with E-state index in [1.54, 1.807) is 6.20 Å². The van der Waals surface area contributed by atoms with Gasteiger partial charge in [0.05, 0.1) is 6.61 Å². The highest BCUT2D eigenvalue weighted by molar-refractivity contribution is 7.98. The number of thioether (sulfide) groups is 1. The minimum absolute atomic E-state index is 0.129. The molecule has 0 amide bonds. The minimum atomic E-state index is -0.129. The molecule has 0 atom stereocenters. The zero-order valence-corrected chi connectivity index (χ0v) is 10.0. The van der Waals surface area contributed by atoms with E-state index in [1.807, 2.05) is 18.2 Å². The molecule has 5 heteroatoms. The molecule has 0 bridgehead atoms. The maximum atomic E-state index is 8.95. The maximum absolute atomic E-state index is 8.95. The largest absolute Gasteiger partial charge is 0.391 e. The smallest absolute Gasteiger partial charge is 0.189 e. The fraction of sp³-hybridized carbons (Fsp3) is 0.167. The van der Waals surface area contributed by atoms with Gasteiger partial charge in [-0.1, -0.05) is 42.1 Å². The SMILES string of the molecule is Nc1nc(SCc2ccccc2)ncc1CO. The highest BCUT2D eigenvalue weighted by Gasteiger charge is 2.04. The van der Waals surface area contributed by atoms with Crippen LogP contribution in [0.3, 0.4) is 0 Å². The third-order valence-corrected chi connectivity index (χ3v) is 3.19. The molecule has 0 fully saturated rings. The molecule has 0 saturated carbocycles. The van der Waals surface area contributed by atoms with Crippen LogP contribution in [0, 0.1) is 0 Å². The predicted molar refractivity (Wildman–Crippen MR) is 68.4 cm³/mol. The molecule has 17 heavy (non-hydrogen) atoms. The van der Waals surface area contributed by atoms with Gasteiger partial charge in [-0.25, -0.2) is 9.97 Å². The van der Waals surface area contributed by atoms with E-state index < -0.39 is 0 Å². The second-order valence-electron chi connectivity index (χ2n) is 3.50. The minimum Gasteiger partial charge on any atom is -0.391 e. The quantitative estimate of drug-likeness (QED) is 0.637. The Morgan fingerprint density at radius 1 is 1.24 bits per heavy atom. The number of aliphatic hydroxyl groups excluding tert-OH is 1. The van der Waals surface area contributed by atoms with Gasteiger partial charge in [-0.2, -0.15) is 0 Å². The average Bonchev–Trinajstić information content (AvgIpc) is 2.38. The normalized spacial score (nSPS) is 10.4. The Balaban J connectivity index is 2.02. The number of aliphatic hydroxyl groups is 1. The van der Waals surface area contributed by atoms with Gasteiger partial charge in [0, 0.05) is 17.5 Å². The first-order valence-electron chi connectivity index (χ1n) is 5.18. The van der Waals surface area contributed by atoms with Crippen molar-refractivity contribution in [2.24, 2.45) is 0 Å². The summed E-state index contributed by atoms with van der Waals surface area (Å²) < 4.78 is 0. The van der Waals surface area contributed by atoms with Crippen LogP contribution in [-0.2, 0) is 12.4 Å². The predicted octanol–water partition coefficient (Wildman–Crippen LogP) is 1.84. The third kappa shape index (κ3) is 3.18. The number of hydrogen-bond donors (Lipinski definition) is 2. The van der Waals surface area contributed by atoms with Crippen LogP contribution in [0.4, 0.5) is 5.82 Å². The monoisotopic (exact) mass is 247 g/mol. The van der Waals surface area contributed by atoms with E-state index in [0.717, 1.165) is 5.75 Å². The van der Waals surface area contributed by atoms with Gasteiger partial charge in [0.25, 0.3) is 0 Å². The first-order valence-corrected chi connectivity index (χ1v) is 6.17. The van der Waals surface area contributed by atoms with Crippen molar-refractivity contribution in [3.05, 3.63) is 47.7 Å².